The SMILES string of the molecule is CC(=O)OC[C@@]1(C)O[C@@H](n2cnc3c(N)nc(F)nc32)C(OC(C)=O)C1OC(C)=O. The maximum absolute atomic E-state index is 13.8. The van der Waals surface area contributed by atoms with E-state index in [1.165, 1.54) is 31.7 Å². The lowest BCUT2D eigenvalue weighted by molar-refractivity contribution is -0.174. The number of nitrogens with two attached hydrogens (primary N) is 1. The summed E-state index contributed by atoms with van der Waals surface area (Å²) in [5, 5.41) is 0. The summed E-state index contributed by atoms with van der Waals surface area (Å²) in [6.45, 7) is 4.73. The predicted octanol–water partition coefficient (Wildman–Crippen LogP) is 0.262. The lowest BCUT2D eigenvalue weighted by Crippen LogP contribution is -2.48. The summed E-state index contributed by atoms with van der Waals surface area (Å²) in [6, 6.07) is 0. The molecule has 4 atom stereocenters. The van der Waals surface area contributed by atoms with Crippen molar-refractivity contribution < 1.29 is 37.7 Å². The number of hydrogen-bond donors (Lipinski definition) is 1. The van der Waals surface area contributed by atoms with Crippen molar-refractivity contribution in [1.82, 2.24) is 19.5 Å². The van der Waals surface area contributed by atoms with Crippen molar-refractivity contribution in [2.24, 2.45) is 0 Å². The fourth-order valence-corrected chi connectivity index (χ4v) is 3.26. The Balaban J connectivity index is 2.11. The van der Waals surface area contributed by atoms with Gasteiger partial charge in [0.1, 0.15) is 12.2 Å². The highest BCUT2D eigenvalue weighted by atomic mass is 19.1. The normalized spacial score (nSPS) is 25.8. The monoisotopic (exact) mass is 425 g/mol. The molecule has 162 valence electrons. The van der Waals surface area contributed by atoms with Gasteiger partial charge in [-0.1, -0.05) is 0 Å². The van der Waals surface area contributed by atoms with Gasteiger partial charge in [0.15, 0.2) is 35.4 Å². The van der Waals surface area contributed by atoms with Crippen molar-refractivity contribution in [2.45, 2.75) is 51.7 Å². The molecule has 30 heavy (non-hydrogen) atoms. The number of nitrogens with zero attached hydrogens (tertiary/aromatic N) is 4. The summed E-state index contributed by atoms with van der Waals surface area (Å²) in [4.78, 5) is 46.0. The number of hydrogen-bond acceptors (Lipinski definition) is 11. The fourth-order valence-electron chi connectivity index (χ4n) is 3.26. The molecule has 2 unspecified atom stereocenters. The third-order valence-electron chi connectivity index (χ3n) is 4.42. The molecule has 12 nitrogen and oxygen atoms in total. The van der Waals surface area contributed by atoms with Gasteiger partial charge in [-0.3, -0.25) is 19.0 Å². The Morgan fingerprint density at radius 2 is 1.87 bits per heavy atom. The number of halogens is 1. The number of ether oxygens (including phenoxy) is 4. The topological polar surface area (TPSA) is 158 Å². The first-order valence-electron chi connectivity index (χ1n) is 8.83. The third-order valence-corrected chi connectivity index (χ3v) is 4.42. The van der Waals surface area contributed by atoms with Gasteiger partial charge in [-0.2, -0.15) is 14.4 Å². The molecule has 13 heteroatoms. The Labute approximate surface area is 169 Å². The van der Waals surface area contributed by atoms with E-state index >= 15 is 0 Å². The number of imidazole rings is 1. The average Bonchev–Trinajstić information content (AvgIpc) is 3.14. The zero-order valence-corrected chi connectivity index (χ0v) is 16.6. The number of rotatable bonds is 5. The van der Waals surface area contributed by atoms with Crippen LogP contribution in [0.5, 0.6) is 0 Å². The number of carbonyl (C=O) groups excluding carboxylic acids is 3. The smallest absolute Gasteiger partial charge is 0.312 e. The molecule has 1 saturated heterocycles. The highest BCUT2D eigenvalue weighted by Crippen LogP contribution is 2.42. The molecule has 0 aliphatic carbocycles. The van der Waals surface area contributed by atoms with Crippen molar-refractivity contribution in [3.8, 4) is 0 Å². The molecule has 0 aromatic carbocycles. The van der Waals surface area contributed by atoms with Gasteiger partial charge in [-0.05, 0) is 6.92 Å². The van der Waals surface area contributed by atoms with Crippen LogP contribution in [0.1, 0.15) is 33.9 Å². The van der Waals surface area contributed by atoms with Crippen LogP contribution in [0.3, 0.4) is 0 Å². The number of carbonyl (C=O) groups is 3. The van der Waals surface area contributed by atoms with Gasteiger partial charge in [0.25, 0.3) is 0 Å². The summed E-state index contributed by atoms with van der Waals surface area (Å²) in [7, 11) is 0. The number of esters is 3. The highest BCUT2D eigenvalue weighted by molar-refractivity contribution is 5.81. The first-order valence-corrected chi connectivity index (χ1v) is 8.83. The second-order valence-corrected chi connectivity index (χ2v) is 6.91. The maximum atomic E-state index is 13.8. The Kier molecular flexibility index (Phi) is 5.57. The minimum atomic E-state index is -1.41. The summed E-state index contributed by atoms with van der Waals surface area (Å²) < 4.78 is 36.9. The molecule has 2 aromatic heterocycles. The summed E-state index contributed by atoms with van der Waals surface area (Å²) in [5.41, 5.74) is 4.35. The van der Waals surface area contributed by atoms with Crippen LogP contribution in [0.25, 0.3) is 11.2 Å². The van der Waals surface area contributed by atoms with Crippen LogP contribution in [0.15, 0.2) is 6.33 Å². The van der Waals surface area contributed by atoms with E-state index < -0.39 is 48.0 Å². The van der Waals surface area contributed by atoms with Gasteiger partial charge in [0.2, 0.25) is 0 Å². The van der Waals surface area contributed by atoms with Gasteiger partial charge in [0, 0.05) is 20.8 Å². The van der Waals surface area contributed by atoms with E-state index in [2.05, 4.69) is 15.0 Å². The number of fused-ring (bicyclic) bond motifs is 1. The molecule has 0 spiro atoms. The molecule has 0 amide bonds. The van der Waals surface area contributed by atoms with Crippen molar-refractivity contribution >= 4 is 34.9 Å². The lowest BCUT2D eigenvalue weighted by atomic mass is 9.97. The van der Waals surface area contributed by atoms with Gasteiger partial charge in [-0.15, -0.1) is 0 Å². The molecule has 1 fully saturated rings. The first kappa shape index (κ1) is 21.4. The molecular weight excluding hydrogens is 405 g/mol. The fraction of sp³-hybridized carbons (Fsp3) is 0.529. The van der Waals surface area contributed by atoms with Crippen molar-refractivity contribution in [3.63, 3.8) is 0 Å². The van der Waals surface area contributed by atoms with E-state index in [1.807, 2.05) is 0 Å². The number of aromatic nitrogens is 4. The van der Waals surface area contributed by atoms with Crippen molar-refractivity contribution in [3.05, 3.63) is 12.4 Å². The molecule has 1 aliphatic rings. The minimum absolute atomic E-state index is 0.0273. The van der Waals surface area contributed by atoms with Crippen LogP contribution in [-0.4, -0.2) is 61.8 Å². The first-order chi connectivity index (χ1) is 14.0. The van der Waals surface area contributed by atoms with Gasteiger partial charge in [0.05, 0.1) is 6.33 Å². The van der Waals surface area contributed by atoms with Crippen LogP contribution in [0, 0.1) is 6.08 Å². The Morgan fingerprint density at radius 3 is 2.47 bits per heavy atom. The van der Waals surface area contributed by atoms with Crippen LogP contribution >= 0.6 is 0 Å². The van der Waals surface area contributed by atoms with Gasteiger partial charge < -0.3 is 24.7 Å². The number of nitrogen functional groups attached to an aromatic ring is 1. The van der Waals surface area contributed by atoms with Crippen molar-refractivity contribution in [2.75, 3.05) is 12.3 Å². The van der Waals surface area contributed by atoms with Crippen LogP contribution in [0.2, 0.25) is 0 Å². The second-order valence-electron chi connectivity index (χ2n) is 6.91. The van der Waals surface area contributed by atoms with Gasteiger partial charge in [-0.25, -0.2) is 4.98 Å². The van der Waals surface area contributed by atoms with E-state index in [1.54, 1.807) is 0 Å². The van der Waals surface area contributed by atoms with Crippen LogP contribution in [-0.2, 0) is 33.3 Å². The molecule has 2 N–H and O–H groups in total. The minimum Gasteiger partial charge on any atom is -0.463 e. The van der Waals surface area contributed by atoms with E-state index in [-0.39, 0.29) is 23.6 Å². The standard InChI is InChI=1S/C17H20FN5O7/c1-7(24)27-5-17(4)12(29-9(3)26)11(28-8(2)25)15(30-17)23-6-20-10-13(19)21-16(18)22-14(10)23/h6,11-12,15H,5H2,1-4H3,(H2,19,21,22)/t11?,12?,15-,17-/m1/s1. The van der Waals surface area contributed by atoms with E-state index in [0.29, 0.717) is 0 Å². The van der Waals surface area contributed by atoms with Crippen molar-refractivity contribution in [1.29, 1.82) is 0 Å². The summed E-state index contributed by atoms with van der Waals surface area (Å²) >= 11 is 0. The zero-order valence-electron chi connectivity index (χ0n) is 16.6. The molecule has 1 aliphatic heterocycles. The largest absolute Gasteiger partial charge is 0.463 e. The molecule has 0 bridgehead atoms. The second kappa shape index (κ2) is 7.82. The lowest BCUT2D eigenvalue weighted by Gasteiger charge is -2.29. The van der Waals surface area contributed by atoms with E-state index in [4.69, 9.17) is 24.7 Å². The zero-order chi connectivity index (χ0) is 22.2. The summed E-state index contributed by atoms with van der Waals surface area (Å²) in [5.74, 6) is -2.15. The van der Waals surface area contributed by atoms with Crippen LogP contribution in [0.4, 0.5) is 10.2 Å². The Morgan fingerprint density at radius 1 is 1.20 bits per heavy atom. The Hall–Kier alpha value is -3.35. The van der Waals surface area contributed by atoms with E-state index in [0.717, 1.165) is 6.92 Å². The predicted molar refractivity (Wildman–Crippen MR) is 96.0 cm³/mol. The van der Waals surface area contributed by atoms with Gasteiger partial charge >= 0.3 is 24.0 Å². The Bertz CT molecular complexity index is 1010. The highest BCUT2D eigenvalue weighted by Gasteiger charge is 2.58. The molecule has 3 rings (SSSR count). The maximum Gasteiger partial charge on any atom is 0.312 e. The van der Waals surface area contributed by atoms with E-state index in [9.17, 15) is 18.8 Å². The summed E-state index contributed by atoms with van der Waals surface area (Å²) in [6.07, 6.45) is -3.35. The molecule has 0 radical (unpaired) electrons. The van der Waals surface area contributed by atoms with Crippen LogP contribution < -0.4 is 5.73 Å². The molecular formula is C17H20FN5O7. The molecule has 3 heterocycles. The average molecular weight is 425 g/mol. The molecule has 2 aromatic rings. The third kappa shape index (κ3) is 4.01. The molecule has 0 saturated carbocycles. The quantitative estimate of drug-likeness (QED) is 0.398. The number of anilines is 1.